The van der Waals surface area contributed by atoms with E-state index in [1.807, 2.05) is 6.07 Å². The SMILES string of the molecule is CC(C)c1cccc[c]1[Fe+].F[P-](F)(F)(F)(F)F. The molecule has 0 atom stereocenters. The predicted molar refractivity (Wildman–Crippen MR) is 53.7 cm³/mol. The van der Waals surface area contributed by atoms with Gasteiger partial charge in [-0.15, -0.1) is 0 Å². The summed E-state index contributed by atoms with van der Waals surface area (Å²) >= 11 is 3.94. The van der Waals surface area contributed by atoms with Crippen LogP contribution in [0.15, 0.2) is 24.3 Å². The fraction of sp³-hybridized carbons (Fsp3) is 0.333. The van der Waals surface area contributed by atoms with Crippen molar-refractivity contribution in [1.29, 1.82) is 0 Å². The van der Waals surface area contributed by atoms with Crippen molar-refractivity contribution in [2.75, 3.05) is 0 Å². The van der Waals surface area contributed by atoms with Gasteiger partial charge in [0.25, 0.3) is 0 Å². The minimum absolute atomic E-state index is 0.591. The molecule has 0 aliphatic carbocycles. The summed E-state index contributed by atoms with van der Waals surface area (Å²) in [4.78, 5) is 0. The molecule has 102 valence electrons. The van der Waals surface area contributed by atoms with E-state index in [1.165, 1.54) is 5.56 Å². The molecule has 0 aromatic heterocycles. The van der Waals surface area contributed by atoms with Gasteiger partial charge >= 0.3 is 103 Å². The Bertz CT molecular complexity index is 371. The van der Waals surface area contributed by atoms with Crippen LogP contribution in [0.2, 0.25) is 0 Å². The third-order valence-corrected chi connectivity index (χ3v) is 2.02. The first-order chi connectivity index (χ1) is 7.16. The monoisotopic (exact) mass is 320 g/mol. The molecular formula is C9H11F6FeP. The quantitative estimate of drug-likeness (QED) is 0.371. The predicted octanol–water partition coefficient (Wildman–Crippen LogP) is 5.36. The van der Waals surface area contributed by atoms with Gasteiger partial charge in [0.15, 0.2) is 0 Å². The van der Waals surface area contributed by atoms with Gasteiger partial charge in [0, 0.05) is 0 Å². The fourth-order valence-corrected chi connectivity index (χ4v) is 1.45. The van der Waals surface area contributed by atoms with Crippen molar-refractivity contribution >= 4 is 12.3 Å². The van der Waals surface area contributed by atoms with Gasteiger partial charge in [0.1, 0.15) is 0 Å². The van der Waals surface area contributed by atoms with E-state index in [1.54, 1.807) is 0 Å². The molecular weight excluding hydrogens is 309 g/mol. The third-order valence-electron chi connectivity index (χ3n) is 1.52. The average Bonchev–Trinajstić information content (AvgIpc) is 1.98. The molecule has 0 bridgehead atoms. The molecule has 0 heterocycles. The third kappa shape index (κ3) is 13.7. The topological polar surface area (TPSA) is 0 Å². The van der Waals surface area contributed by atoms with E-state index in [2.05, 4.69) is 48.1 Å². The van der Waals surface area contributed by atoms with E-state index < -0.39 is 7.81 Å². The molecule has 0 radical (unpaired) electrons. The molecule has 0 saturated carbocycles. The van der Waals surface area contributed by atoms with Crippen LogP contribution in [0.4, 0.5) is 25.2 Å². The number of hydrogen-bond acceptors (Lipinski definition) is 0. The van der Waals surface area contributed by atoms with Crippen LogP contribution >= 0.6 is 7.81 Å². The Morgan fingerprint density at radius 1 is 0.941 bits per heavy atom. The zero-order valence-corrected chi connectivity index (χ0v) is 11.0. The number of rotatable bonds is 1. The summed E-state index contributed by atoms with van der Waals surface area (Å²) in [6.45, 7) is 4.37. The maximum absolute atomic E-state index is 10.7. The van der Waals surface area contributed by atoms with Crippen molar-refractivity contribution in [3.05, 3.63) is 29.8 Å². The summed E-state index contributed by atoms with van der Waals surface area (Å²) in [5.74, 6) is 0.591. The van der Waals surface area contributed by atoms with E-state index in [9.17, 15) is 25.2 Å². The van der Waals surface area contributed by atoms with Gasteiger partial charge in [-0.05, 0) is 0 Å². The van der Waals surface area contributed by atoms with E-state index in [4.69, 9.17) is 0 Å². The summed E-state index contributed by atoms with van der Waals surface area (Å²) in [5, 5.41) is 0. The van der Waals surface area contributed by atoms with Gasteiger partial charge in [0.05, 0.1) is 0 Å². The molecule has 0 N–H and O–H groups in total. The van der Waals surface area contributed by atoms with Crippen molar-refractivity contribution in [1.82, 2.24) is 0 Å². The van der Waals surface area contributed by atoms with Crippen LogP contribution in [-0.4, -0.2) is 0 Å². The van der Waals surface area contributed by atoms with E-state index >= 15 is 0 Å². The van der Waals surface area contributed by atoms with Crippen molar-refractivity contribution < 1.29 is 41.2 Å². The molecule has 0 saturated heterocycles. The summed E-state index contributed by atoms with van der Waals surface area (Å²) in [6.07, 6.45) is 0. The Hall–Kier alpha value is -0.251. The molecule has 8 heteroatoms. The first-order valence-corrected chi connectivity index (χ1v) is 7.04. The Labute approximate surface area is 103 Å². The second-order valence-corrected chi connectivity index (χ2v) is 6.13. The van der Waals surface area contributed by atoms with E-state index in [0.29, 0.717) is 5.92 Å². The van der Waals surface area contributed by atoms with Crippen LogP contribution in [-0.2, 0) is 16.0 Å². The molecule has 1 aromatic carbocycles. The van der Waals surface area contributed by atoms with Crippen LogP contribution < -0.4 is 4.46 Å². The molecule has 0 unspecified atom stereocenters. The van der Waals surface area contributed by atoms with Crippen molar-refractivity contribution in [2.24, 2.45) is 0 Å². The van der Waals surface area contributed by atoms with Crippen LogP contribution in [0.5, 0.6) is 0 Å². The first kappa shape index (κ1) is 16.7. The average molecular weight is 320 g/mol. The second kappa shape index (κ2) is 4.45. The zero-order chi connectivity index (χ0) is 14.0. The van der Waals surface area contributed by atoms with Gasteiger partial charge in [-0.25, -0.2) is 0 Å². The van der Waals surface area contributed by atoms with Crippen molar-refractivity contribution in [3.8, 4) is 0 Å². The molecule has 0 aliphatic rings. The maximum atomic E-state index is 9.87. The number of benzene rings is 1. The van der Waals surface area contributed by atoms with E-state index in [0.717, 1.165) is 4.46 Å². The van der Waals surface area contributed by atoms with Crippen molar-refractivity contribution in [3.63, 3.8) is 0 Å². The van der Waals surface area contributed by atoms with Gasteiger partial charge in [0.2, 0.25) is 0 Å². The molecule has 0 amide bonds. The van der Waals surface area contributed by atoms with Crippen LogP contribution in [0.1, 0.15) is 25.3 Å². The molecule has 0 aliphatic heterocycles. The van der Waals surface area contributed by atoms with Gasteiger partial charge < -0.3 is 0 Å². The van der Waals surface area contributed by atoms with Crippen LogP contribution in [0, 0.1) is 0 Å². The summed E-state index contributed by atoms with van der Waals surface area (Å²) < 4.78 is 60.3. The number of halogens is 6. The summed E-state index contributed by atoms with van der Waals surface area (Å²) in [5.41, 5.74) is 1.35. The van der Waals surface area contributed by atoms with Crippen molar-refractivity contribution in [2.45, 2.75) is 19.8 Å². The van der Waals surface area contributed by atoms with Gasteiger partial charge in [-0.2, -0.15) is 0 Å². The minimum atomic E-state index is -10.7. The fourth-order valence-electron chi connectivity index (χ4n) is 0.932. The molecule has 0 fully saturated rings. The molecule has 0 spiro atoms. The Morgan fingerprint density at radius 2 is 1.29 bits per heavy atom. The first-order valence-electron chi connectivity index (χ1n) is 4.46. The Balaban J connectivity index is 0.000000325. The molecule has 0 nitrogen and oxygen atoms in total. The normalized spacial score (nSPS) is 15.6. The number of hydrogen-bond donors (Lipinski definition) is 0. The Morgan fingerprint density at radius 3 is 1.53 bits per heavy atom. The second-order valence-electron chi connectivity index (χ2n) is 3.62. The van der Waals surface area contributed by atoms with Crippen LogP contribution in [0.25, 0.3) is 0 Å². The van der Waals surface area contributed by atoms with Gasteiger partial charge in [-0.1, -0.05) is 0 Å². The van der Waals surface area contributed by atoms with Gasteiger partial charge in [-0.3, -0.25) is 0 Å². The Kier molecular flexibility index (Phi) is 4.38. The summed E-state index contributed by atoms with van der Waals surface area (Å²) in [7, 11) is -10.7. The summed E-state index contributed by atoms with van der Waals surface area (Å²) in [6, 6.07) is 8.26. The molecule has 1 aromatic rings. The van der Waals surface area contributed by atoms with E-state index in [-0.39, 0.29) is 0 Å². The molecule has 1 rings (SSSR count). The van der Waals surface area contributed by atoms with Crippen LogP contribution in [0.3, 0.4) is 0 Å². The molecule has 17 heavy (non-hydrogen) atoms. The zero-order valence-electron chi connectivity index (χ0n) is 8.96. The standard InChI is InChI=1S/C9H11.F6P.Fe/c1-8(2)9-6-4-3-5-7-9;1-7(2,3,4,5)6;/h3-6,8H,1-2H3;;/q;-1;+1.